The van der Waals surface area contributed by atoms with Gasteiger partial charge in [-0.1, -0.05) is 24.3 Å². The quantitative estimate of drug-likeness (QED) is 0.226. The van der Waals surface area contributed by atoms with Gasteiger partial charge in [0, 0.05) is 22.5 Å². The molecule has 4 aromatic rings. The molecule has 3 atom stereocenters. The van der Waals surface area contributed by atoms with Gasteiger partial charge < -0.3 is 14.8 Å². The summed E-state index contributed by atoms with van der Waals surface area (Å²) < 4.78 is 5.18. The van der Waals surface area contributed by atoms with Crippen molar-refractivity contribution in [1.29, 1.82) is 0 Å². The van der Waals surface area contributed by atoms with Gasteiger partial charge in [0.05, 0.1) is 29.0 Å². The first-order chi connectivity index (χ1) is 19.9. The Bertz CT molecular complexity index is 1710. The number of fused-ring (bicyclic) bond motifs is 1. The van der Waals surface area contributed by atoms with E-state index in [0.717, 1.165) is 16.4 Å². The zero-order valence-electron chi connectivity index (χ0n) is 21.7. The summed E-state index contributed by atoms with van der Waals surface area (Å²) in [6, 6.07) is 16.9. The number of nitrogens with one attached hydrogen (secondary N) is 1. The maximum Gasteiger partial charge on any atom is 0.433 e. The Morgan fingerprint density at radius 2 is 1.93 bits per heavy atom. The van der Waals surface area contributed by atoms with E-state index in [0.29, 0.717) is 28.3 Å². The van der Waals surface area contributed by atoms with E-state index in [1.54, 1.807) is 41.7 Å². The van der Waals surface area contributed by atoms with Crippen LogP contribution in [-0.4, -0.2) is 71.9 Å². The molecule has 1 fully saturated rings. The van der Waals surface area contributed by atoms with E-state index in [-0.39, 0.29) is 34.7 Å². The Labute approximate surface area is 242 Å². The number of aliphatic imine (C=N–C) groups is 1. The minimum Gasteiger partial charge on any atom is -0.507 e. The van der Waals surface area contributed by atoms with E-state index in [2.05, 4.69) is 20.2 Å². The normalized spacial score (nSPS) is 21.0. The Balaban J connectivity index is 1.19. The van der Waals surface area contributed by atoms with Crippen molar-refractivity contribution in [1.82, 2.24) is 14.9 Å². The average Bonchev–Trinajstić information content (AvgIpc) is 3.72. The highest BCUT2D eigenvalue weighted by molar-refractivity contribution is 8.14. The van der Waals surface area contributed by atoms with Crippen molar-refractivity contribution >= 4 is 69.2 Å². The number of phenolic OH excluding ortho intramolecular Hbond substituents is 1. The van der Waals surface area contributed by atoms with Gasteiger partial charge in [-0.2, -0.15) is 0 Å². The summed E-state index contributed by atoms with van der Waals surface area (Å²) in [7, 11) is 1.93. The third kappa shape index (κ3) is 5.56. The van der Waals surface area contributed by atoms with Crippen LogP contribution in [0.2, 0.25) is 0 Å². The number of aromatic nitrogens is 2. The highest BCUT2D eigenvalue weighted by atomic mass is 32.2. The maximum absolute atomic E-state index is 13.5. The van der Waals surface area contributed by atoms with E-state index in [9.17, 15) is 20.0 Å². The summed E-state index contributed by atoms with van der Waals surface area (Å²) in [4.78, 5) is 39.9. The van der Waals surface area contributed by atoms with Crippen LogP contribution in [0, 0.1) is 10.1 Å². The van der Waals surface area contributed by atoms with Crippen LogP contribution in [0.25, 0.3) is 23.1 Å². The van der Waals surface area contributed by atoms with Gasteiger partial charge in [-0.25, -0.2) is 9.97 Å². The zero-order valence-corrected chi connectivity index (χ0v) is 23.3. The number of amides is 1. The Morgan fingerprint density at radius 3 is 2.73 bits per heavy atom. The van der Waals surface area contributed by atoms with Gasteiger partial charge in [0.15, 0.2) is 5.82 Å². The molecular formula is C28H24N6O5S2. The number of benzene rings is 2. The molecule has 208 valence electrons. The monoisotopic (exact) mass is 588 g/mol. The van der Waals surface area contributed by atoms with Crippen molar-refractivity contribution in [2.45, 2.75) is 17.5 Å². The van der Waals surface area contributed by atoms with Crippen LogP contribution in [0.1, 0.15) is 17.1 Å². The smallest absolute Gasteiger partial charge is 0.433 e. The molecule has 2 N–H and O–H groups in total. The largest absolute Gasteiger partial charge is 0.507 e. The Hall–Kier alpha value is -4.20. The summed E-state index contributed by atoms with van der Waals surface area (Å²) in [6.07, 6.45) is 3.12. The molecule has 0 spiro atoms. The molecule has 41 heavy (non-hydrogen) atoms. The summed E-state index contributed by atoms with van der Waals surface area (Å²) in [6.45, 7) is 0. The molecule has 3 unspecified atom stereocenters. The molecule has 1 amide bonds. The van der Waals surface area contributed by atoms with Crippen molar-refractivity contribution in [2.24, 2.45) is 4.99 Å². The van der Waals surface area contributed by atoms with Crippen molar-refractivity contribution < 1.29 is 19.2 Å². The average molecular weight is 589 g/mol. The van der Waals surface area contributed by atoms with E-state index in [1.807, 2.05) is 43.4 Å². The topological polar surface area (TPSA) is 147 Å². The number of furan rings is 1. The zero-order chi connectivity index (χ0) is 28.5. The summed E-state index contributed by atoms with van der Waals surface area (Å²) >= 11 is 3.31. The number of thioether (sulfide) groups is 2. The van der Waals surface area contributed by atoms with Crippen molar-refractivity contribution in [3.63, 3.8) is 0 Å². The number of hydrogen-bond acceptors (Lipinski definition) is 11. The van der Waals surface area contributed by atoms with Gasteiger partial charge in [0.2, 0.25) is 5.91 Å². The van der Waals surface area contributed by atoms with E-state index in [1.165, 1.54) is 18.2 Å². The molecule has 13 heteroatoms. The Morgan fingerprint density at radius 1 is 1.12 bits per heavy atom. The first-order valence-electron chi connectivity index (χ1n) is 12.7. The first-order valence-corrected chi connectivity index (χ1v) is 14.7. The van der Waals surface area contributed by atoms with Gasteiger partial charge >= 0.3 is 5.88 Å². The van der Waals surface area contributed by atoms with E-state index >= 15 is 0 Å². The number of hydrogen-bond donors (Lipinski definition) is 2. The number of aromatic hydroxyl groups is 1. The number of carbonyl (C=O) groups is 1. The van der Waals surface area contributed by atoms with Gasteiger partial charge in [-0.05, 0) is 49.5 Å². The highest BCUT2D eigenvalue weighted by Gasteiger charge is 2.42. The molecule has 2 aromatic heterocycles. The van der Waals surface area contributed by atoms with E-state index in [4.69, 9.17) is 9.41 Å². The van der Waals surface area contributed by atoms with Crippen LogP contribution in [0.4, 0.5) is 11.7 Å². The molecule has 2 aliphatic rings. The minimum absolute atomic E-state index is 0.0135. The molecule has 2 aliphatic heterocycles. The molecular weight excluding hydrogens is 564 g/mol. The number of phenols is 1. The lowest BCUT2D eigenvalue weighted by Gasteiger charge is -2.26. The predicted octanol–water partition coefficient (Wildman–Crippen LogP) is 4.88. The fourth-order valence-electron chi connectivity index (χ4n) is 4.73. The van der Waals surface area contributed by atoms with Crippen LogP contribution < -0.4 is 5.32 Å². The van der Waals surface area contributed by atoms with Crippen molar-refractivity contribution in [3.8, 4) is 5.75 Å². The number of anilines is 1. The van der Waals surface area contributed by atoms with Gasteiger partial charge in [0.1, 0.15) is 27.3 Å². The molecule has 0 radical (unpaired) electrons. The molecule has 4 heterocycles. The molecule has 11 nitrogen and oxygen atoms in total. The lowest BCUT2D eigenvalue weighted by molar-refractivity contribution is -0.402. The van der Waals surface area contributed by atoms with Gasteiger partial charge in [-0.15, -0.1) is 23.5 Å². The standard InChI is InChI=1S/C28H24N6O5S2/c1-33-21(15-41-28(33)20-14-40-27(30-20)18-7-3-5-9-22(18)35)26(36)32-25-17-6-2-4-8-19(17)29-23(31-25)12-10-16-11-13-24(39-16)34(37)38/h2-13,20-21,28,35H,14-15H2,1H3,(H,29,31,32,36)/b12-10+. The molecule has 0 saturated carbocycles. The summed E-state index contributed by atoms with van der Waals surface area (Å²) in [5.74, 6) is 2.02. The molecule has 2 aromatic carbocycles. The summed E-state index contributed by atoms with van der Waals surface area (Å²) in [5, 5.41) is 25.6. The highest BCUT2D eigenvalue weighted by Crippen LogP contribution is 2.38. The number of carbonyl (C=O) groups excluding carboxylic acids is 1. The second-order valence-electron chi connectivity index (χ2n) is 9.44. The summed E-state index contributed by atoms with van der Waals surface area (Å²) in [5.41, 5.74) is 1.37. The third-order valence-corrected chi connectivity index (χ3v) is 9.41. The van der Waals surface area contributed by atoms with Gasteiger partial charge in [-0.3, -0.25) is 24.8 Å². The SMILES string of the molecule is CN1C(C(=O)Nc2nc(/C=C/c3ccc([N+](=O)[O-])o3)nc3ccccc23)CSC1C1CSC(c2ccccc2O)=N1. The number of para-hydroxylation sites is 2. The van der Waals surface area contributed by atoms with Crippen LogP contribution >= 0.6 is 23.5 Å². The number of nitrogens with zero attached hydrogens (tertiary/aromatic N) is 5. The van der Waals surface area contributed by atoms with Crippen LogP contribution in [-0.2, 0) is 4.79 Å². The fraction of sp³-hybridized carbons (Fsp3) is 0.214. The molecule has 0 aliphatic carbocycles. The van der Waals surface area contributed by atoms with Crippen LogP contribution in [0.3, 0.4) is 0 Å². The molecule has 6 rings (SSSR count). The predicted molar refractivity (Wildman–Crippen MR) is 161 cm³/mol. The number of likely N-dealkylation sites (N-methyl/N-ethyl adjacent to an activating group) is 1. The second kappa shape index (κ2) is 11.4. The van der Waals surface area contributed by atoms with Crippen LogP contribution in [0.15, 0.2) is 70.1 Å². The van der Waals surface area contributed by atoms with Gasteiger partial charge in [0.25, 0.3) is 0 Å². The number of rotatable bonds is 7. The second-order valence-corrected chi connectivity index (χ2v) is 11.6. The van der Waals surface area contributed by atoms with Crippen molar-refractivity contribution in [2.75, 3.05) is 23.9 Å². The van der Waals surface area contributed by atoms with Crippen LogP contribution in [0.5, 0.6) is 5.75 Å². The third-order valence-electron chi connectivity index (χ3n) is 6.81. The van der Waals surface area contributed by atoms with Crippen molar-refractivity contribution in [3.05, 3.63) is 87.9 Å². The van der Waals surface area contributed by atoms with E-state index < -0.39 is 11.0 Å². The lowest BCUT2D eigenvalue weighted by Crippen LogP contribution is -2.45. The fourth-order valence-corrected chi connectivity index (χ4v) is 7.51. The maximum atomic E-state index is 13.5. The first kappa shape index (κ1) is 27.0. The number of nitro groups is 1. The molecule has 1 saturated heterocycles. The minimum atomic E-state index is -0.606. The Kier molecular flexibility index (Phi) is 7.47. The lowest BCUT2D eigenvalue weighted by atomic mass is 10.2. The molecule has 0 bridgehead atoms.